The molecular weight excluding hydrogens is 376 g/mol. The van der Waals surface area contributed by atoms with Gasteiger partial charge in [0.2, 0.25) is 5.91 Å². The number of carbonyl (C=O) groups excluding carboxylic acids is 1. The quantitative estimate of drug-likeness (QED) is 0.688. The zero-order valence-corrected chi connectivity index (χ0v) is 16.3. The molecular formula is C20H23ClN6O. The molecule has 2 aromatic heterocycles. The van der Waals surface area contributed by atoms with Crippen molar-refractivity contribution in [2.24, 2.45) is 11.7 Å². The van der Waals surface area contributed by atoms with Crippen LogP contribution in [0.4, 0.5) is 5.82 Å². The summed E-state index contributed by atoms with van der Waals surface area (Å²) < 4.78 is 1.90. The van der Waals surface area contributed by atoms with E-state index in [0.29, 0.717) is 18.1 Å². The maximum Gasteiger partial charge on any atom is 0.223 e. The predicted octanol–water partition coefficient (Wildman–Crippen LogP) is 2.37. The Morgan fingerprint density at radius 3 is 2.68 bits per heavy atom. The van der Waals surface area contributed by atoms with E-state index >= 15 is 0 Å². The van der Waals surface area contributed by atoms with Crippen molar-refractivity contribution < 1.29 is 4.79 Å². The molecule has 1 fully saturated rings. The Kier molecular flexibility index (Phi) is 5.45. The molecule has 1 aliphatic rings. The number of hydrogen-bond donors (Lipinski definition) is 2. The molecule has 1 aliphatic heterocycles. The van der Waals surface area contributed by atoms with Crippen molar-refractivity contribution >= 4 is 34.2 Å². The van der Waals surface area contributed by atoms with Crippen molar-refractivity contribution in [3.8, 4) is 5.69 Å². The molecule has 0 saturated carbocycles. The van der Waals surface area contributed by atoms with Gasteiger partial charge >= 0.3 is 0 Å². The van der Waals surface area contributed by atoms with Gasteiger partial charge in [-0.15, -0.1) is 5.10 Å². The van der Waals surface area contributed by atoms with Crippen molar-refractivity contribution in [2.45, 2.75) is 12.8 Å². The van der Waals surface area contributed by atoms with Gasteiger partial charge in [-0.1, -0.05) is 11.6 Å². The number of amides is 1. The van der Waals surface area contributed by atoms with Gasteiger partial charge in [0.15, 0.2) is 5.82 Å². The number of carbonyl (C=O) groups is 1. The lowest BCUT2D eigenvalue weighted by Crippen LogP contribution is -2.41. The third-order valence-electron chi connectivity index (χ3n) is 5.14. The first-order valence-electron chi connectivity index (χ1n) is 9.49. The summed E-state index contributed by atoms with van der Waals surface area (Å²) in [4.78, 5) is 18.7. The topological polar surface area (TPSA) is 89.1 Å². The number of hydrogen-bond acceptors (Lipinski definition) is 5. The Bertz CT molecular complexity index is 962. The minimum absolute atomic E-state index is 0.0362. The normalized spacial score (nSPS) is 15.1. The number of rotatable bonds is 5. The van der Waals surface area contributed by atoms with E-state index in [1.54, 1.807) is 6.20 Å². The van der Waals surface area contributed by atoms with Crippen LogP contribution >= 0.6 is 11.6 Å². The molecule has 3 heterocycles. The predicted molar refractivity (Wildman–Crippen MR) is 111 cm³/mol. The van der Waals surface area contributed by atoms with Crippen LogP contribution in [-0.2, 0) is 4.79 Å². The maximum atomic E-state index is 12.2. The molecule has 4 rings (SSSR count). The van der Waals surface area contributed by atoms with Crippen molar-refractivity contribution in [3.63, 3.8) is 0 Å². The Morgan fingerprint density at radius 1 is 1.21 bits per heavy atom. The molecule has 0 unspecified atom stereocenters. The minimum atomic E-state index is 0.0362. The average molecular weight is 399 g/mol. The Hall–Kier alpha value is -2.64. The number of fused-ring (bicyclic) bond motifs is 1. The van der Waals surface area contributed by atoms with Gasteiger partial charge in [-0.3, -0.25) is 9.78 Å². The number of nitrogens with one attached hydrogen (secondary N) is 1. The van der Waals surface area contributed by atoms with Gasteiger partial charge in [-0.2, -0.15) is 0 Å². The highest BCUT2D eigenvalue weighted by molar-refractivity contribution is 6.30. The lowest BCUT2D eigenvalue weighted by atomic mass is 9.96. The monoisotopic (exact) mass is 398 g/mol. The highest BCUT2D eigenvalue weighted by atomic mass is 35.5. The fraction of sp³-hybridized carbons (Fsp3) is 0.350. The van der Waals surface area contributed by atoms with Gasteiger partial charge in [0.1, 0.15) is 0 Å². The van der Waals surface area contributed by atoms with E-state index < -0.39 is 0 Å². The Balaban J connectivity index is 1.58. The third kappa shape index (κ3) is 3.68. The Labute approximate surface area is 168 Å². The van der Waals surface area contributed by atoms with Crippen LogP contribution in [0.1, 0.15) is 12.8 Å². The van der Waals surface area contributed by atoms with Crippen LogP contribution < -0.4 is 16.0 Å². The molecule has 0 radical (unpaired) electrons. The summed E-state index contributed by atoms with van der Waals surface area (Å²) in [5.74, 6) is 1.06. The molecule has 0 aliphatic carbocycles. The first-order valence-corrected chi connectivity index (χ1v) is 9.86. The average Bonchev–Trinajstić information content (AvgIpc) is 3.12. The second-order valence-corrected chi connectivity index (χ2v) is 7.38. The minimum Gasteiger partial charge on any atom is -0.355 e. The van der Waals surface area contributed by atoms with Crippen LogP contribution in [0.25, 0.3) is 16.6 Å². The Morgan fingerprint density at radius 2 is 1.96 bits per heavy atom. The van der Waals surface area contributed by atoms with Gasteiger partial charge in [0, 0.05) is 48.7 Å². The van der Waals surface area contributed by atoms with Gasteiger partial charge in [-0.25, -0.2) is 4.68 Å². The molecule has 8 heteroatoms. The molecule has 3 N–H and O–H groups in total. The fourth-order valence-electron chi connectivity index (χ4n) is 3.65. The largest absolute Gasteiger partial charge is 0.355 e. The number of piperidine rings is 1. The summed E-state index contributed by atoms with van der Waals surface area (Å²) in [5.41, 5.74) is 7.35. The van der Waals surface area contributed by atoms with E-state index in [-0.39, 0.29) is 11.8 Å². The van der Waals surface area contributed by atoms with Gasteiger partial charge in [0.05, 0.1) is 17.4 Å². The summed E-state index contributed by atoms with van der Waals surface area (Å²) in [6.07, 6.45) is 5.22. The van der Waals surface area contributed by atoms with E-state index in [1.165, 1.54) is 0 Å². The summed E-state index contributed by atoms with van der Waals surface area (Å²) in [6, 6.07) is 9.58. The summed E-state index contributed by atoms with van der Waals surface area (Å²) in [5, 5.41) is 9.51. The molecule has 0 atom stereocenters. The zero-order chi connectivity index (χ0) is 19.5. The van der Waals surface area contributed by atoms with Crippen LogP contribution in [0.15, 0.2) is 42.7 Å². The van der Waals surface area contributed by atoms with E-state index in [2.05, 4.69) is 15.2 Å². The molecule has 7 nitrogen and oxygen atoms in total. The zero-order valence-electron chi connectivity index (χ0n) is 15.5. The molecule has 1 amide bonds. The van der Waals surface area contributed by atoms with Crippen molar-refractivity contribution in [2.75, 3.05) is 31.1 Å². The smallest absolute Gasteiger partial charge is 0.223 e. The third-order valence-corrected chi connectivity index (χ3v) is 5.40. The molecule has 28 heavy (non-hydrogen) atoms. The lowest BCUT2D eigenvalue weighted by molar-refractivity contribution is -0.125. The van der Waals surface area contributed by atoms with E-state index in [4.69, 9.17) is 22.4 Å². The summed E-state index contributed by atoms with van der Waals surface area (Å²) in [7, 11) is 0. The number of pyridine rings is 1. The molecule has 0 spiro atoms. The van der Waals surface area contributed by atoms with Crippen LogP contribution in [0.5, 0.6) is 0 Å². The van der Waals surface area contributed by atoms with Crippen molar-refractivity contribution in [1.82, 2.24) is 20.1 Å². The van der Waals surface area contributed by atoms with Crippen molar-refractivity contribution in [3.05, 3.63) is 47.7 Å². The summed E-state index contributed by atoms with van der Waals surface area (Å²) >= 11 is 6.03. The number of anilines is 1. The lowest BCUT2D eigenvalue weighted by Gasteiger charge is -2.31. The standard InChI is InChI=1S/C20H23ClN6O/c21-15-1-3-16(4-2-15)27-18-13-23-9-5-17(18)19(25-27)26-11-6-14(7-12-26)20(28)24-10-8-22/h1-5,9,13-14H,6-8,10-12,22H2,(H,24,28). The van der Waals surface area contributed by atoms with Crippen molar-refractivity contribution in [1.29, 1.82) is 0 Å². The molecule has 1 aromatic carbocycles. The van der Waals surface area contributed by atoms with Crippen LogP contribution in [-0.4, -0.2) is 46.9 Å². The van der Waals surface area contributed by atoms with E-state index in [9.17, 15) is 4.79 Å². The highest BCUT2D eigenvalue weighted by Crippen LogP contribution is 2.31. The molecule has 1 saturated heterocycles. The van der Waals surface area contributed by atoms with E-state index in [0.717, 1.165) is 48.3 Å². The van der Waals surface area contributed by atoms with Gasteiger partial charge < -0.3 is 16.0 Å². The second-order valence-electron chi connectivity index (χ2n) is 6.95. The fourth-order valence-corrected chi connectivity index (χ4v) is 3.78. The van der Waals surface area contributed by atoms with Crippen LogP contribution in [0.2, 0.25) is 5.02 Å². The SMILES string of the molecule is NCCNC(=O)C1CCN(c2nn(-c3ccc(Cl)cc3)c3cnccc23)CC1. The number of halogens is 1. The number of nitrogens with zero attached hydrogens (tertiary/aromatic N) is 4. The van der Waals surface area contributed by atoms with Crippen LogP contribution in [0.3, 0.4) is 0 Å². The summed E-state index contributed by atoms with van der Waals surface area (Å²) in [6.45, 7) is 2.57. The van der Waals surface area contributed by atoms with Gasteiger partial charge in [0.25, 0.3) is 0 Å². The molecule has 3 aromatic rings. The highest BCUT2D eigenvalue weighted by Gasteiger charge is 2.27. The van der Waals surface area contributed by atoms with Crippen LogP contribution in [0, 0.1) is 5.92 Å². The first kappa shape index (κ1) is 18.7. The van der Waals surface area contributed by atoms with E-state index in [1.807, 2.05) is 41.2 Å². The number of nitrogens with two attached hydrogens (primary N) is 1. The number of benzene rings is 1. The van der Waals surface area contributed by atoms with Gasteiger partial charge in [-0.05, 0) is 43.2 Å². The molecule has 146 valence electrons. The first-order chi connectivity index (χ1) is 13.7. The molecule has 0 bridgehead atoms. The second kappa shape index (κ2) is 8.16. The maximum absolute atomic E-state index is 12.2. The number of aromatic nitrogens is 3.